The fourth-order valence-electron chi connectivity index (χ4n) is 6.61. The van der Waals surface area contributed by atoms with Crippen LogP contribution in [0.1, 0.15) is 75.0 Å². The van der Waals surface area contributed by atoms with Gasteiger partial charge in [-0.05, 0) is 46.0 Å². The minimum atomic E-state index is -0.242. The van der Waals surface area contributed by atoms with Crippen molar-refractivity contribution in [2.24, 2.45) is 0 Å². The molecule has 162 valence electrons. The molecule has 1 aromatic rings. The monoisotopic (exact) mass is 426 g/mol. The van der Waals surface area contributed by atoms with E-state index in [1.54, 1.807) is 0 Å². The molecule has 0 bridgehead atoms. The number of benzene rings is 1. The van der Waals surface area contributed by atoms with Gasteiger partial charge in [-0.3, -0.25) is 0 Å². The molecule has 2 saturated heterocycles. The smallest absolute Gasteiger partial charge is 0.401 e. The second-order valence-electron chi connectivity index (χ2n) is 11.1. The molecule has 2 aliphatic heterocycles. The Hall–Kier alpha value is -1.85. The standard InChI is InChI=1S/C26H28B2O4/c1-25(2)19-13-18-20(14-17(19)21-23(25)31-27(29-21)15-9-5-6-10-15)26(3,4)24-22(18)30-28(32-24)16-11-7-8-12-16/h5-9,11,13-14,21-24H,10,12H2,1-4H3/t21-,22-,23-,24-/m0/s1. The van der Waals surface area contributed by atoms with E-state index in [1.807, 2.05) is 0 Å². The molecule has 32 heavy (non-hydrogen) atoms. The van der Waals surface area contributed by atoms with Crippen LogP contribution in [0.4, 0.5) is 0 Å². The average molecular weight is 426 g/mol. The van der Waals surface area contributed by atoms with Crippen LogP contribution < -0.4 is 0 Å². The summed E-state index contributed by atoms with van der Waals surface area (Å²) in [5.74, 6) is 0. The van der Waals surface area contributed by atoms with Crippen molar-refractivity contribution in [3.05, 3.63) is 81.8 Å². The Morgan fingerprint density at radius 3 is 1.50 bits per heavy atom. The maximum absolute atomic E-state index is 6.53. The van der Waals surface area contributed by atoms with Gasteiger partial charge in [-0.25, -0.2) is 0 Å². The first-order valence-electron chi connectivity index (χ1n) is 11.9. The molecule has 2 fully saturated rings. The molecule has 6 aliphatic rings. The zero-order chi connectivity index (χ0) is 21.8. The first kappa shape index (κ1) is 19.6. The SMILES string of the molecule is CC1(C)c2cc3c(cc2[C@@H]2OB(C4=CC=CC4)O[C@@H]21)C(C)(C)[C@H]1OB(C2=CC=CC2)O[C@@H]31. The molecule has 0 aromatic heterocycles. The van der Waals surface area contributed by atoms with Gasteiger partial charge in [0.2, 0.25) is 0 Å². The van der Waals surface area contributed by atoms with Gasteiger partial charge < -0.3 is 18.6 Å². The van der Waals surface area contributed by atoms with Crippen molar-refractivity contribution in [2.45, 2.75) is 75.8 Å². The van der Waals surface area contributed by atoms with Crippen LogP contribution >= 0.6 is 0 Å². The lowest BCUT2D eigenvalue weighted by molar-refractivity contribution is 0.113. The molecule has 0 spiro atoms. The van der Waals surface area contributed by atoms with Gasteiger partial charge in [-0.2, -0.15) is 0 Å². The number of rotatable bonds is 2. The third kappa shape index (κ3) is 2.44. The summed E-state index contributed by atoms with van der Waals surface area (Å²) in [7, 11) is -0.484. The largest absolute Gasteiger partial charge is 0.490 e. The van der Waals surface area contributed by atoms with Gasteiger partial charge in [0.05, 0.1) is 24.4 Å². The Bertz CT molecular complexity index is 1050. The Morgan fingerprint density at radius 2 is 1.12 bits per heavy atom. The van der Waals surface area contributed by atoms with Crippen molar-refractivity contribution >= 4 is 14.2 Å². The fourth-order valence-corrected chi connectivity index (χ4v) is 6.61. The third-order valence-electron chi connectivity index (χ3n) is 8.48. The van der Waals surface area contributed by atoms with Gasteiger partial charge in [0.1, 0.15) is 0 Å². The highest BCUT2D eigenvalue weighted by molar-refractivity contribution is 6.55. The third-order valence-corrected chi connectivity index (χ3v) is 8.48. The summed E-state index contributed by atoms with van der Waals surface area (Å²) in [4.78, 5) is 0. The van der Waals surface area contributed by atoms with E-state index in [2.05, 4.69) is 76.3 Å². The topological polar surface area (TPSA) is 36.9 Å². The minimum absolute atomic E-state index is 0.0219. The minimum Gasteiger partial charge on any atom is -0.401 e. The van der Waals surface area contributed by atoms with Crippen LogP contribution in [0.5, 0.6) is 0 Å². The van der Waals surface area contributed by atoms with E-state index < -0.39 is 0 Å². The molecule has 0 N–H and O–H groups in total. The molecular formula is C26H28B2O4. The van der Waals surface area contributed by atoms with Gasteiger partial charge in [0.25, 0.3) is 0 Å². The molecule has 0 unspecified atom stereocenters. The normalized spacial score (nSPS) is 34.6. The van der Waals surface area contributed by atoms with Gasteiger partial charge in [0, 0.05) is 10.8 Å². The first-order chi connectivity index (χ1) is 15.4. The van der Waals surface area contributed by atoms with Crippen molar-refractivity contribution in [3.63, 3.8) is 0 Å². The number of fused-ring (bicyclic) bond motifs is 6. The molecule has 0 radical (unpaired) electrons. The predicted octanol–water partition coefficient (Wildman–Crippen LogP) is 5.01. The highest BCUT2D eigenvalue weighted by Crippen LogP contribution is 2.58. The van der Waals surface area contributed by atoms with E-state index >= 15 is 0 Å². The predicted molar refractivity (Wildman–Crippen MR) is 125 cm³/mol. The quantitative estimate of drug-likeness (QED) is 0.624. The lowest BCUT2D eigenvalue weighted by atomic mass is 9.76. The maximum Gasteiger partial charge on any atom is 0.490 e. The Labute approximate surface area is 190 Å². The van der Waals surface area contributed by atoms with Crippen LogP contribution in [0.25, 0.3) is 0 Å². The zero-order valence-electron chi connectivity index (χ0n) is 19.1. The van der Waals surface area contributed by atoms with Gasteiger partial charge in [0.15, 0.2) is 0 Å². The highest BCUT2D eigenvalue weighted by atomic mass is 16.7. The maximum atomic E-state index is 6.53. The summed E-state index contributed by atoms with van der Waals surface area (Å²) < 4.78 is 26.1. The Kier molecular flexibility index (Phi) is 3.91. The average Bonchev–Trinajstić information content (AvgIpc) is 3.57. The second kappa shape index (κ2) is 6.38. The van der Waals surface area contributed by atoms with E-state index in [-0.39, 0.29) is 49.5 Å². The van der Waals surface area contributed by atoms with E-state index in [9.17, 15) is 0 Å². The zero-order valence-corrected chi connectivity index (χ0v) is 19.1. The lowest BCUT2D eigenvalue weighted by Gasteiger charge is -2.28. The van der Waals surface area contributed by atoms with E-state index in [0.29, 0.717) is 0 Å². The van der Waals surface area contributed by atoms with Crippen molar-refractivity contribution in [1.82, 2.24) is 0 Å². The second-order valence-corrected chi connectivity index (χ2v) is 11.1. The Balaban J connectivity index is 1.26. The summed E-state index contributed by atoms with van der Waals surface area (Å²) in [6.45, 7) is 9.16. The molecule has 4 nitrogen and oxygen atoms in total. The lowest BCUT2D eigenvalue weighted by Crippen LogP contribution is -2.33. The Morgan fingerprint density at radius 1 is 0.688 bits per heavy atom. The van der Waals surface area contributed by atoms with Crippen molar-refractivity contribution in [2.75, 3.05) is 0 Å². The molecule has 4 aliphatic carbocycles. The van der Waals surface area contributed by atoms with Crippen LogP contribution in [0.3, 0.4) is 0 Å². The summed E-state index contributed by atoms with van der Waals surface area (Å²) in [6.07, 6.45) is 14.6. The van der Waals surface area contributed by atoms with E-state index in [4.69, 9.17) is 18.6 Å². The van der Waals surface area contributed by atoms with E-state index in [0.717, 1.165) is 12.8 Å². The van der Waals surface area contributed by atoms with Crippen molar-refractivity contribution < 1.29 is 18.6 Å². The van der Waals surface area contributed by atoms with Crippen LogP contribution in [0.15, 0.2) is 59.5 Å². The van der Waals surface area contributed by atoms with Crippen molar-refractivity contribution in [1.29, 1.82) is 0 Å². The summed E-state index contributed by atoms with van der Waals surface area (Å²) in [5, 5.41) is 0. The molecule has 0 saturated carbocycles. The molecule has 0 amide bonds. The molecule has 7 rings (SSSR count). The molecule has 6 heteroatoms. The highest BCUT2D eigenvalue weighted by Gasteiger charge is 2.59. The molecule has 2 heterocycles. The number of hydrogen-bond acceptors (Lipinski definition) is 4. The fraction of sp³-hybridized carbons (Fsp3) is 0.462. The number of allylic oxidation sites excluding steroid dienone is 8. The summed E-state index contributed by atoms with van der Waals surface area (Å²) in [6, 6.07) is 4.75. The van der Waals surface area contributed by atoms with Gasteiger partial charge in [-0.1, -0.05) is 76.3 Å². The summed E-state index contributed by atoms with van der Waals surface area (Å²) >= 11 is 0. The van der Waals surface area contributed by atoms with Crippen LogP contribution in [0.2, 0.25) is 0 Å². The van der Waals surface area contributed by atoms with Crippen LogP contribution in [-0.2, 0) is 29.4 Å². The van der Waals surface area contributed by atoms with Crippen LogP contribution in [0, 0.1) is 0 Å². The molecule has 1 aromatic carbocycles. The first-order valence-corrected chi connectivity index (χ1v) is 11.9. The van der Waals surface area contributed by atoms with Crippen LogP contribution in [-0.4, -0.2) is 26.4 Å². The summed E-state index contributed by atoms with van der Waals surface area (Å²) in [5.41, 5.74) is 7.39. The van der Waals surface area contributed by atoms with Gasteiger partial charge in [-0.15, -0.1) is 0 Å². The van der Waals surface area contributed by atoms with Crippen molar-refractivity contribution in [3.8, 4) is 0 Å². The molecule has 4 atom stereocenters. The number of hydrogen-bond donors (Lipinski definition) is 0. The van der Waals surface area contributed by atoms with Gasteiger partial charge >= 0.3 is 14.2 Å². The molecular weight excluding hydrogens is 398 g/mol. The van der Waals surface area contributed by atoms with E-state index in [1.165, 1.54) is 33.2 Å².